The van der Waals surface area contributed by atoms with E-state index in [1.54, 1.807) is 0 Å². The lowest BCUT2D eigenvalue weighted by molar-refractivity contribution is -0.122. The van der Waals surface area contributed by atoms with Gasteiger partial charge >= 0.3 is 0 Å². The number of nitrogens with zero attached hydrogens (tertiary/aromatic N) is 6. The Hall–Kier alpha value is -2.62. The first-order chi connectivity index (χ1) is 14.4. The summed E-state index contributed by atoms with van der Waals surface area (Å²) in [5.41, 5.74) is 1.26. The summed E-state index contributed by atoms with van der Waals surface area (Å²) in [7, 11) is 0. The van der Waals surface area contributed by atoms with Gasteiger partial charge in [-0.2, -0.15) is 5.10 Å². The van der Waals surface area contributed by atoms with E-state index in [2.05, 4.69) is 20.6 Å². The van der Waals surface area contributed by atoms with Gasteiger partial charge in [-0.25, -0.2) is 9.67 Å². The molecule has 3 aromatic heterocycles. The Labute approximate surface area is 177 Å². The van der Waals surface area contributed by atoms with Gasteiger partial charge in [0, 0.05) is 24.9 Å². The van der Waals surface area contributed by atoms with Crippen LogP contribution in [0.5, 0.6) is 0 Å². The third kappa shape index (κ3) is 3.42. The second-order valence-electron chi connectivity index (χ2n) is 8.58. The maximum atomic E-state index is 13.0. The van der Waals surface area contributed by atoms with Crippen molar-refractivity contribution in [3.8, 4) is 0 Å². The number of thiazole rings is 1. The number of rotatable bonds is 5. The summed E-state index contributed by atoms with van der Waals surface area (Å²) in [6, 6.07) is -0.00595. The molecule has 0 spiro atoms. The van der Waals surface area contributed by atoms with E-state index in [9.17, 15) is 9.59 Å². The van der Waals surface area contributed by atoms with Crippen LogP contribution in [-0.4, -0.2) is 41.5 Å². The molecule has 2 aliphatic rings. The Morgan fingerprint density at radius 1 is 1.27 bits per heavy atom. The Morgan fingerprint density at radius 3 is 2.80 bits per heavy atom. The minimum atomic E-state index is -0.227. The number of aryl methyl sites for hydroxylation is 2. The summed E-state index contributed by atoms with van der Waals surface area (Å²) in [5.74, 6) is 2.20. The van der Waals surface area contributed by atoms with Crippen molar-refractivity contribution in [1.82, 2.24) is 34.8 Å². The lowest BCUT2D eigenvalue weighted by atomic mass is 10.1. The van der Waals surface area contributed by atoms with Gasteiger partial charge < -0.3 is 9.88 Å². The Bertz CT molecular complexity index is 1190. The molecule has 0 aromatic carbocycles. The molecule has 0 radical (unpaired) electrons. The van der Waals surface area contributed by atoms with Crippen LogP contribution in [0, 0.1) is 6.92 Å². The van der Waals surface area contributed by atoms with Crippen LogP contribution in [0.25, 0.3) is 10.2 Å². The molecule has 30 heavy (non-hydrogen) atoms. The molecule has 1 saturated carbocycles. The Kier molecular flexibility index (Phi) is 4.68. The maximum absolute atomic E-state index is 13.0. The van der Waals surface area contributed by atoms with Crippen LogP contribution in [0.4, 0.5) is 0 Å². The molecular formula is C20H25N7O2S. The molecule has 0 unspecified atom stereocenters. The van der Waals surface area contributed by atoms with Crippen LogP contribution in [0.15, 0.2) is 4.79 Å². The van der Waals surface area contributed by atoms with E-state index in [0.717, 1.165) is 48.0 Å². The third-order valence-corrected chi connectivity index (χ3v) is 7.01. The van der Waals surface area contributed by atoms with Crippen LogP contribution in [0.1, 0.15) is 67.3 Å². The van der Waals surface area contributed by atoms with Gasteiger partial charge in [0.1, 0.15) is 28.4 Å². The molecule has 158 valence electrons. The predicted molar refractivity (Wildman–Crippen MR) is 113 cm³/mol. The van der Waals surface area contributed by atoms with Gasteiger partial charge in [-0.1, -0.05) is 13.8 Å². The van der Waals surface area contributed by atoms with E-state index in [-0.39, 0.29) is 30.0 Å². The van der Waals surface area contributed by atoms with E-state index in [0.29, 0.717) is 22.7 Å². The molecule has 4 heterocycles. The summed E-state index contributed by atoms with van der Waals surface area (Å²) >= 11 is 1.46. The zero-order valence-electron chi connectivity index (χ0n) is 17.4. The van der Waals surface area contributed by atoms with E-state index in [4.69, 9.17) is 4.98 Å². The van der Waals surface area contributed by atoms with Crippen LogP contribution in [-0.2, 0) is 24.3 Å². The van der Waals surface area contributed by atoms with Crippen molar-refractivity contribution in [3.63, 3.8) is 0 Å². The second kappa shape index (κ2) is 7.26. The number of carbonyl (C=O) groups excluding carboxylic acids is 1. The van der Waals surface area contributed by atoms with Gasteiger partial charge in [-0.05, 0) is 32.1 Å². The van der Waals surface area contributed by atoms with Gasteiger partial charge in [0.15, 0.2) is 0 Å². The molecule has 1 N–H and O–H groups in total. The molecule has 0 bridgehead atoms. The standard InChI is InChI=1S/C20H25N7O2S/c1-10(2)16-17-18(30-19(22-17)12-4-5-12)20(29)27(25-16)9-15(28)21-13-6-7-14-24-23-11(3)26(14)8-13/h10,12-13H,4-9H2,1-3H3,(H,21,28)/t13-/m1/s1. The molecule has 0 saturated heterocycles. The average Bonchev–Trinajstić information content (AvgIpc) is 3.36. The number of aromatic nitrogens is 6. The molecule has 1 aliphatic heterocycles. The second-order valence-corrected chi connectivity index (χ2v) is 9.61. The number of fused-ring (bicyclic) bond motifs is 2. The quantitative estimate of drug-likeness (QED) is 0.666. The van der Waals surface area contributed by atoms with Crippen LogP contribution >= 0.6 is 11.3 Å². The highest BCUT2D eigenvalue weighted by atomic mass is 32.1. The highest BCUT2D eigenvalue weighted by Crippen LogP contribution is 2.43. The van der Waals surface area contributed by atoms with Crippen molar-refractivity contribution in [2.75, 3.05) is 0 Å². The minimum Gasteiger partial charge on any atom is -0.350 e. The molecule has 1 atom stereocenters. The van der Waals surface area contributed by atoms with Crippen molar-refractivity contribution in [3.05, 3.63) is 32.7 Å². The van der Waals surface area contributed by atoms with Crippen molar-refractivity contribution >= 4 is 27.5 Å². The lowest BCUT2D eigenvalue weighted by Crippen LogP contribution is -2.44. The number of hydrogen-bond donors (Lipinski definition) is 1. The van der Waals surface area contributed by atoms with Crippen LogP contribution in [0.3, 0.4) is 0 Å². The van der Waals surface area contributed by atoms with Gasteiger partial charge in [0.2, 0.25) is 5.91 Å². The lowest BCUT2D eigenvalue weighted by Gasteiger charge is -2.25. The fourth-order valence-electron chi connectivity index (χ4n) is 3.99. The number of nitrogens with one attached hydrogen (secondary N) is 1. The van der Waals surface area contributed by atoms with Crippen molar-refractivity contribution in [2.24, 2.45) is 0 Å². The van der Waals surface area contributed by atoms with E-state index in [1.165, 1.54) is 16.0 Å². The monoisotopic (exact) mass is 427 g/mol. The summed E-state index contributed by atoms with van der Waals surface area (Å²) in [4.78, 5) is 30.5. The first-order valence-corrected chi connectivity index (χ1v) is 11.3. The average molecular weight is 428 g/mol. The van der Waals surface area contributed by atoms with Gasteiger partial charge in [-0.3, -0.25) is 9.59 Å². The first-order valence-electron chi connectivity index (χ1n) is 10.5. The van der Waals surface area contributed by atoms with Gasteiger partial charge in [0.25, 0.3) is 5.56 Å². The zero-order valence-corrected chi connectivity index (χ0v) is 18.2. The molecule has 1 aliphatic carbocycles. The largest absolute Gasteiger partial charge is 0.350 e. The molecular weight excluding hydrogens is 402 g/mol. The Morgan fingerprint density at radius 2 is 2.07 bits per heavy atom. The fourth-order valence-corrected chi connectivity index (χ4v) is 5.17. The summed E-state index contributed by atoms with van der Waals surface area (Å²) in [5, 5.41) is 16.9. The van der Waals surface area contributed by atoms with E-state index < -0.39 is 0 Å². The molecule has 10 heteroatoms. The number of hydrogen-bond acceptors (Lipinski definition) is 7. The summed E-state index contributed by atoms with van der Waals surface area (Å²) in [6.07, 6.45) is 3.85. The van der Waals surface area contributed by atoms with Crippen LogP contribution < -0.4 is 10.9 Å². The zero-order chi connectivity index (χ0) is 21.0. The predicted octanol–water partition coefficient (Wildman–Crippen LogP) is 1.88. The normalized spacial score (nSPS) is 18.7. The maximum Gasteiger partial charge on any atom is 0.286 e. The number of amides is 1. The minimum absolute atomic E-state index is 0.00595. The fraction of sp³-hybridized carbons (Fsp3) is 0.600. The molecule has 1 amide bonds. The highest BCUT2D eigenvalue weighted by Gasteiger charge is 2.29. The topological polar surface area (TPSA) is 108 Å². The summed E-state index contributed by atoms with van der Waals surface area (Å²) in [6.45, 7) is 6.55. The molecule has 3 aromatic rings. The number of carbonyl (C=O) groups is 1. The first kappa shape index (κ1) is 19.3. The molecule has 5 rings (SSSR count). The van der Waals surface area contributed by atoms with Gasteiger partial charge in [-0.15, -0.1) is 21.5 Å². The van der Waals surface area contributed by atoms with Crippen LogP contribution in [0.2, 0.25) is 0 Å². The van der Waals surface area contributed by atoms with E-state index >= 15 is 0 Å². The summed E-state index contributed by atoms with van der Waals surface area (Å²) < 4.78 is 3.96. The van der Waals surface area contributed by atoms with E-state index in [1.807, 2.05) is 25.3 Å². The highest BCUT2D eigenvalue weighted by molar-refractivity contribution is 7.18. The molecule has 9 nitrogen and oxygen atoms in total. The SMILES string of the molecule is Cc1nnc2n1C[C@H](NC(=O)Cn1nc(C(C)C)c3nc(C4CC4)sc3c1=O)CC2. The molecule has 1 fully saturated rings. The smallest absolute Gasteiger partial charge is 0.286 e. The Balaban J connectivity index is 1.38. The van der Waals surface area contributed by atoms with Gasteiger partial charge in [0.05, 0.1) is 10.7 Å². The van der Waals surface area contributed by atoms with Crippen molar-refractivity contribution in [2.45, 2.75) is 77.4 Å². The third-order valence-electron chi connectivity index (χ3n) is 5.81. The van der Waals surface area contributed by atoms with Crippen molar-refractivity contribution < 1.29 is 4.79 Å². The van der Waals surface area contributed by atoms with Crippen molar-refractivity contribution in [1.29, 1.82) is 0 Å².